The van der Waals surface area contributed by atoms with Crippen molar-refractivity contribution in [3.8, 4) is 17.3 Å². The molecule has 2 amide bonds. The fraction of sp³-hybridized carbons (Fsp3) is 0.423. The molecule has 11 nitrogen and oxygen atoms in total. The van der Waals surface area contributed by atoms with Gasteiger partial charge in [0, 0.05) is 43.2 Å². The molecule has 1 fully saturated rings. The summed E-state index contributed by atoms with van der Waals surface area (Å²) in [7, 11) is 0. The second kappa shape index (κ2) is 10.3. The van der Waals surface area contributed by atoms with E-state index < -0.39 is 5.79 Å². The third-order valence-electron chi connectivity index (χ3n) is 6.21. The van der Waals surface area contributed by atoms with Gasteiger partial charge in [0.2, 0.25) is 0 Å². The van der Waals surface area contributed by atoms with Crippen molar-refractivity contribution in [3.63, 3.8) is 0 Å². The maximum absolute atomic E-state index is 13.5. The summed E-state index contributed by atoms with van der Waals surface area (Å²) >= 11 is 0. The second-order valence-corrected chi connectivity index (χ2v) is 9.64. The van der Waals surface area contributed by atoms with Crippen molar-refractivity contribution in [2.75, 3.05) is 41.4 Å². The quantitative estimate of drug-likeness (QED) is 0.350. The Morgan fingerprint density at radius 2 is 2.00 bits per heavy atom. The van der Waals surface area contributed by atoms with Crippen LogP contribution in [0.2, 0.25) is 0 Å². The summed E-state index contributed by atoms with van der Waals surface area (Å²) in [6, 6.07) is 9.42. The van der Waals surface area contributed by atoms with Gasteiger partial charge in [-0.1, -0.05) is 0 Å². The first-order valence-corrected chi connectivity index (χ1v) is 12.4. The number of hydrogen-bond acceptors (Lipinski definition) is 9. The molecule has 0 saturated carbocycles. The third kappa shape index (κ3) is 5.78. The van der Waals surface area contributed by atoms with Crippen LogP contribution in [0.5, 0.6) is 6.01 Å². The third-order valence-corrected chi connectivity index (χ3v) is 6.21. The van der Waals surface area contributed by atoms with Gasteiger partial charge in [-0.2, -0.15) is 4.98 Å². The number of fused-ring (bicyclic) bond motifs is 4. The summed E-state index contributed by atoms with van der Waals surface area (Å²) in [6.45, 7) is 7.37. The molecule has 0 spiro atoms. The molecule has 2 aliphatic heterocycles. The highest BCUT2D eigenvalue weighted by atomic mass is 16.6. The van der Waals surface area contributed by atoms with Crippen LogP contribution < -0.4 is 19.9 Å². The highest BCUT2D eigenvalue weighted by Gasteiger charge is 2.40. The van der Waals surface area contributed by atoms with Crippen molar-refractivity contribution in [2.24, 2.45) is 0 Å². The van der Waals surface area contributed by atoms with Crippen LogP contribution in [0.25, 0.3) is 11.3 Å². The first kappa shape index (κ1) is 24.8. The van der Waals surface area contributed by atoms with Gasteiger partial charge in [0.05, 0.1) is 30.6 Å². The molecule has 1 unspecified atom stereocenters. The zero-order valence-electron chi connectivity index (χ0n) is 21.2. The van der Waals surface area contributed by atoms with Gasteiger partial charge in [0.1, 0.15) is 5.82 Å². The molecule has 0 aliphatic carbocycles. The number of ether oxygens (including phenoxy) is 2. The molecule has 3 aromatic rings. The number of rotatable bonds is 8. The number of aromatic nitrogens is 4. The van der Waals surface area contributed by atoms with Gasteiger partial charge in [-0.15, -0.1) is 0 Å². The number of aliphatic hydroxyl groups is 1. The minimum Gasteiger partial charge on any atom is -0.463 e. The number of pyridine rings is 2. The van der Waals surface area contributed by atoms with E-state index in [0.717, 1.165) is 42.1 Å². The molecule has 1 saturated heterocycles. The Balaban J connectivity index is 1.31. The first-order chi connectivity index (χ1) is 17.8. The topological polar surface area (TPSA) is 126 Å². The normalized spacial score (nSPS) is 16.5. The van der Waals surface area contributed by atoms with E-state index in [2.05, 4.69) is 25.2 Å². The molecule has 1 atom stereocenters. The summed E-state index contributed by atoms with van der Waals surface area (Å²) in [5.74, 6) is -0.210. The zero-order valence-corrected chi connectivity index (χ0v) is 21.2. The minimum atomic E-state index is -1.18. The van der Waals surface area contributed by atoms with Crippen molar-refractivity contribution < 1.29 is 19.4 Å². The fourth-order valence-corrected chi connectivity index (χ4v) is 4.53. The average molecular weight is 506 g/mol. The van der Waals surface area contributed by atoms with Gasteiger partial charge in [-0.25, -0.2) is 14.8 Å². The van der Waals surface area contributed by atoms with Crippen LogP contribution in [0.3, 0.4) is 0 Å². The van der Waals surface area contributed by atoms with E-state index in [4.69, 9.17) is 14.5 Å². The number of carbonyl (C=O) groups excluding carboxylic acids is 1. The second-order valence-electron chi connectivity index (χ2n) is 9.64. The summed E-state index contributed by atoms with van der Waals surface area (Å²) in [5, 5.41) is 12.5. The molecule has 0 radical (unpaired) electrons. The number of amides is 2. The molecule has 5 heterocycles. The predicted octanol–water partition coefficient (Wildman–Crippen LogP) is 3.39. The largest absolute Gasteiger partial charge is 0.463 e. The number of aryl methyl sites for hydroxylation is 1. The van der Waals surface area contributed by atoms with Crippen LogP contribution in [0.4, 0.5) is 22.1 Å². The van der Waals surface area contributed by atoms with Crippen molar-refractivity contribution >= 4 is 23.4 Å². The van der Waals surface area contributed by atoms with Gasteiger partial charge < -0.3 is 19.5 Å². The van der Waals surface area contributed by atoms with Crippen LogP contribution in [-0.2, 0) is 4.74 Å². The zero-order chi connectivity index (χ0) is 26.0. The molecular weight excluding hydrogens is 474 g/mol. The highest BCUT2D eigenvalue weighted by molar-refractivity contribution is 6.04. The number of urea groups is 1. The van der Waals surface area contributed by atoms with Crippen LogP contribution in [0, 0.1) is 6.92 Å². The Morgan fingerprint density at radius 3 is 2.81 bits per heavy atom. The Hall–Kier alpha value is -3.83. The van der Waals surface area contributed by atoms with E-state index in [9.17, 15) is 9.90 Å². The van der Waals surface area contributed by atoms with Crippen LogP contribution in [0.1, 0.15) is 32.4 Å². The van der Waals surface area contributed by atoms with Gasteiger partial charge in [-0.3, -0.25) is 15.2 Å². The summed E-state index contributed by atoms with van der Waals surface area (Å²) in [6.07, 6.45) is 4.71. The molecule has 2 N–H and O–H groups in total. The number of anilines is 3. The standard InChI is InChI=1S/C26H31N7O4/c1-17-15-18(7-10-27-17)20-5-6-21-23(29-20)33(19-9-12-32(21)16-19)25(34)31-22-8-11-28-24(30-22)36-13-4-14-37-26(2,3)35/h5-8,10-11,15,19,35H,4,9,12-14,16H2,1-3H3,(H,28,30,31,34). The van der Waals surface area contributed by atoms with Crippen molar-refractivity contribution in [2.45, 2.75) is 45.4 Å². The predicted molar refractivity (Wildman–Crippen MR) is 139 cm³/mol. The number of nitrogens with one attached hydrogen (secondary N) is 1. The molecule has 37 heavy (non-hydrogen) atoms. The van der Waals surface area contributed by atoms with Crippen LogP contribution in [-0.4, -0.2) is 69.2 Å². The van der Waals surface area contributed by atoms with Crippen LogP contribution in [0.15, 0.2) is 42.7 Å². The molecule has 194 valence electrons. The summed E-state index contributed by atoms with van der Waals surface area (Å²) in [4.78, 5) is 35.2. The van der Waals surface area contributed by atoms with Gasteiger partial charge >= 0.3 is 12.0 Å². The SMILES string of the molecule is Cc1cc(-c2ccc3c(n2)N(C(=O)Nc2ccnc(OCCCOC(C)(C)O)n2)C2CCN3C2)ccn1. The molecule has 5 rings (SSSR count). The first-order valence-electron chi connectivity index (χ1n) is 12.4. The smallest absolute Gasteiger partial charge is 0.329 e. The maximum atomic E-state index is 13.5. The van der Waals surface area contributed by atoms with Crippen molar-refractivity contribution in [3.05, 3.63) is 48.4 Å². The van der Waals surface area contributed by atoms with Gasteiger partial charge in [0.25, 0.3) is 0 Å². The van der Waals surface area contributed by atoms with E-state index in [0.29, 0.717) is 31.3 Å². The molecule has 11 heteroatoms. The maximum Gasteiger partial charge on any atom is 0.329 e. The number of nitrogens with zero attached hydrogens (tertiary/aromatic N) is 6. The Morgan fingerprint density at radius 1 is 1.16 bits per heavy atom. The number of carbonyl (C=O) groups is 1. The molecule has 2 bridgehead atoms. The lowest BCUT2D eigenvalue weighted by atomic mass is 10.1. The van der Waals surface area contributed by atoms with E-state index in [1.54, 1.807) is 31.0 Å². The lowest BCUT2D eigenvalue weighted by Gasteiger charge is -2.35. The molecule has 2 aliphatic rings. The van der Waals surface area contributed by atoms with E-state index >= 15 is 0 Å². The van der Waals surface area contributed by atoms with E-state index in [1.807, 2.05) is 31.2 Å². The molecule has 3 aromatic heterocycles. The Bertz CT molecular complexity index is 1280. The van der Waals surface area contributed by atoms with Gasteiger partial charge in [-0.05, 0) is 57.5 Å². The Kier molecular flexibility index (Phi) is 6.90. The van der Waals surface area contributed by atoms with Crippen molar-refractivity contribution in [1.29, 1.82) is 0 Å². The lowest BCUT2D eigenvalue weighted by molar-refractivity contribution is -0.176. The highest BCUT2D eigenvalue weighted by Crippen LogP contribution is 2.40. The summed E-state index contributed by atoms with van der Waals surface area (Å²) < 4.78 is 10.9. The molecular formula is C26H31N7O4. The fourth-order valence-electron chi connectivity index (χ4n) is 4.53. The summed E-state index contributed by atoms with van der Waals surface area (Å²) in [5.41, 5.74) is 3.59. The monoisotopic (exact) mass is 505 g/mol. The van der Waals surface area contributed by atoms with Gasteiger partial charge in [0.15, 0.2) is 11.6 Å². The van der Waals surface area contributed by atoms with E-state index in [-0.39, 0.29) is 18.1 Å². The Labute approximate surface area is 215 Å². The van der Waals surface area contributed by atoms with E-state index in [1.165, 1.54) is 6.20 Å². The lowest BCUT2D eigenvalue weighted by Crippen LogP contribution is -2.48. The number of hydrogen-bond donors (Lipinski definition) is 2. The van der Waals surface area contributed by atoms with Crippen molar-refractivity contribution in [1.82, 2.24) is 19.9 Å². The van der Waals surface area contributed by atoms with Crippen LogP contribution >= 0.6 is 0 Å². The average Bonchev–Trinajstić information content (AvgIpc) is 3.27. The molecule has 0 aromatic carbocycles. The minimum absolute atomic E-state index is 0.0164.